The first kappa shape index (κ1) is 20.9. The molecule has 3 aliphatic carbocycles. The van der Waals surface area contributed by atoms with Gasteiger partial charge in [-0.3, -0.25) is 19.3 Å². The zero-order chi connectivity index (χ0) is 22.1. The molecule has 4 atom stereocenters. The lowest BCUT2D eigenvalue weighted by atomic mass is 9.61. The van der Waals surface area contributed by atoms with Gasteiger partial charge >= 0.3 is 0 Å². The Balaban J connectivity index is 1.92. The van der Waals surface area contributed by atoms with E-state index in [1.54, 1.807) is 25.1 Å². The van der Waals surface area contributed by atoms with E-state index in [0.29, 0.717) is 18.4 Å². The van der Waals surface area contributed by atoms with Crippen molar-refractivity contribution in [2.45, 2.75) is 18.9 Å². The molecular formula is C21H21IN2O6. The Morgan fingerprint density at radius 2 is 1.83 bits per heavy atom. The summed E-state index contributed by atoms with van der Waals surface area (Å²) in [7, 11) is 3.40. The minimum Gasteiger partial charge on any atom is -0.511 e. The second kappa shape index (κ2) is 7.09. The molecule has 0 aliphatic heterocycles. The molecule has 0 aromatic heterocycles. The topological polar surface area (TPSA) is 141 Å². The van der Waals surface area contributed by atoms with Crippen LogP contribution in [0.4, 0.5) is 0 Å². The number of amides is 1. The van der Waals surface area contributed by atoms with E-state index in [1.807, 2.05) is 0 Å². The van der Waals surface area contributed by atoms with Gasteiger partial charge in [-0.1, -0.05) is 0 Å². The number of aliphatic hydroxyl groups excluding tert-OH is 2. The zero-order valence-electron chi connectivity index (χ0n) is 16.3. The summed E-state index contributed by atoms with van der Waals surface area (Å²) in [5, 5.41) is 32.0. The van der Waals surface area contributed by atoms with Crippen LogP contribution in [0.25, 0.3) is 0 Å². The van der Waals surface area contributed by atoms with Crippen LogP contribution in [0.1, 0.15) is 22.3 Å². The zero-order valence-corrected chi connectivity index (χ0v) is 18.5. The second-order valence-corrected chi connectivity index (χ2v) is 9.39. The molecule has 0 heterocycles. The van der Waals surface area contributed by atoms with Crippen LogP contribution < -0.4 is 5.73 Å². The van der Waals surface area contributed by atoms with Crippen molar-refractivity contribution < 1.29 is 29.7 Å². The number of fused-ring (bicyclic) bond motifs is 3. The van der Waals surface area contributed by atoms with E-state index in [0.717, 1.165) is 3.57 Å². The van der Waals surface area contributed by atoms with Gasteiger partial charge in [-0.25, -0.2) is 0 Å². The van der Waals surface area contributed by atoms with E-state index in [2.05, 4.69) is 22.6 Å². The number of carbonyl (C=O) groups is 3. The van der Waals surface area contributed by atoms with Gasteiger partial charge in [0, 0.05) is 9.14 Å². The highest BCUT2D eigenvalue weighted by Gasteiger charge is 2.54. The Morgan fingerprint density at radius 3 is 2.43 bits per heavy atom. The number of phenols is 1. The van der Waals surface area contributed by atoms with Crippen LogP contribution in [0.2, 0.25) is 0 Å². The average Bonchev–Trinajstić information content (AvgIpc) is 2.63. The molecular weight excluding hydrogens is 503 g/mol. The number of rotatable bonds is 2. The van der Waals surface area contributed by atoms with Crippen molar-refractivity contribution in [3.05, 3.63) is 49.5 Å². The fourth-order valence-corrected chi connectivity index (χ4v) is 5.90. The molecule has 0 saturated heterocycles. The number of ketones is 2. The van der Waals surface area contributed by atoms with Gasteiger partial charge in [0.25, 0.3) is 5.91 Å². The van der Waals surface area contributed by atoms with E-state index in [-0.39, 0.29) is 22.8 Å². The summed E-state index contributed by atoms with van der Waals surface area (Å²) >= 11 is 2.10. The van der Waals surface area contributed by atoms with E-state index < -0.39 is 52.4 Å². The van der Waals surface area contributed by atoms with Gasteiger partial charge in [0.2, 0.25) is 0 Å². The monoisotopic (exact) mass is 524 g/mol. The molecule has 3 aliphatic rings. The van der Waals surface area contributed by atoms with E-state index in [1.165, 1.54) is 6.07 Å². The summed E-state index contributed by atoms with van der Waals surface area (Å²) in [6, 6.07) is 2.45. The first-order valence-corrected chi connectivity index (χ1v) is 10.6. The summed E-state index contributed by atoms with van der Waals surface area (Å²) in [4.78, 5) is 39.9. The van der Waals surface area contributed by atoms with Gasteiger partial charge in [0.1, 0.15) is 22.8 Å². The van der Waals surface area contributed by atoms with Crippen LogP contribution in [-0.2, 0) is 16.0 Å². The maximum atomic E-state index is 13.3. The maximum absolute atomic E-state index is 13.3. The number of aromatic hydroxyl groups is 1. The Kier molecular flexibility index (Phi) is 4.93. The molecule has 1 aromatic rings. The summed E-state index contributed by atoms with van der Waals surface area (Å²) in [5.74, 6) is -5.40. The lowest BCUT2D eigenvalue weighted by Gasteiger charge is -2.46. The van der Waals surface area contributed by atoms with Gasteiger partial charge in [-0.05, 0) is 79.1 Å². The third kappa shape index (κ3) is 2.78. The number of halogens is 1. The third-order valence-corrected chi connectivity index (χ3v) is 7.40. The molecule has 158 valence electrons. The van der Waals surface area contributed by atoms with Crippen molar-refractivity contribution in [2.24, 2.45) is 23.5 Å². The third-order valence-electron chi connectivity index (χ3n) is 6.39. The van der Waals surface area contributed by atoms with Crippen LogP contribution >= 0.6 is 22.6 Å². The number of benzene rings is 1. The van der Waals surface area contributed by atoms with Crippen molar-refractivity contribution >= 4 is 40.1 Å². The molecule has 0 radical (unpaired) electrons. The van der Waals surface area contributed by atoms with Gasteiger partial charge in [0.05, 0.1) is 17.5 Å². The van der Waals surface area contributed by atoms with Crippen molar-refractivity contribution in [3.8, 4) is 5.75 Å². The number of carbonyl (C=O) groups excluding carboxylic acids is 3. The molecule has 9 heteroatoms. The molecule has 3 unspecified atom stereocenters. The minimum atomic E-state index is -1.16. The highest BCUT2D eigenvalue weighted by atomic mass is 127. The largest absolute Gasteiger partial charge is 0.511 e. The van der Waals surface area contributed by atoms with E-state index >= 15 is 0 Å². The number of allylic oxidation sites excluding steroid dienone is 2. The van der Waals surface area contributed by atoms with Crippen molar-refractivity contribution in [1.29, 1.82) is 0 Å². The quantitative estimate of drug-likeness (QED) is 0.340. The van der Waals surface area contributed by atoms with Gasteiger partial charge in [-0.2, -0.15) is 0 Å². The standard InChI is InChI=1S/C21H21IN2O6/c1-24(2)16-9-6-7-5-8-10(22)3-4-11(25)13(8)17(26)12(7)18(27)14(9)19(28)15(20(16)29)21(23)30/h3-4,7,9,14,16,25,27,29H,5-6H2,1-2H3,(H2,23,30)/t7?,9?,14?,16-/m0/s1. The highest BCUT2D eigenvalue weighted by Crippen LogP contribution is 2.50. The Bertz CT molecular complexity index is 1070. The first-order chi connectivity index (χ1) is 14.1. The fourth-order valence-electron chi connectivity index (χ4n) is 5.23. The number of hydrogen-bond donors (Lipinski definition) is 4. The SMILES string of the molecule is CN(C)[C@@H]1C(O)=C(C(N)=O)C(=O)C2C(O)=C3C(=O)c4c(O)ccc(I)c4CC3CC21. The Morgan fingerprint density at radius 1 is 1.17 bits per heavy atom. The van der Waals surface area contributed by atoms with Gasteiger partial charge in [-0.15, -0.1) is 0 Å². The number of hydrogen-bond acceptors (Lipinski definition) is 7. The predicted octanol–water partition coefficient (Wildman–Crippen LogP) is 1.61. The van der Waals surface area contributed by atoms with Crippen molar-refractivity contribution in [3.63, 3.8) is 0 Å². The number of nitrogens with two attached hydrogens (primary N) is 1. The smallest absolute Gasteiger partial charge is 0.255 e. The Labute approximate surface area is 186 Å². The summed E-state index contributed by atoms with van der Waals surface area (Å²) in [6.07, 6.45) is 0.767. The average molecular weight is 524 g/mol. The van der Waals surface area contributed by atoms with Crippen molar-refractivity contribution in [1.82, 2.24) is 4.90 Å². The summed E-state index contributed by atoms with van der Waals surface area (Å²) in [5.41, 5.74) is 5.74. The summed E-state index contributed by atoms with van der Waals surface area (Å²) < 4.78 is 0.831. The van der Waals surface area contributed by atoms with Crippen LogP contribution in [0.5, 0.6) is 5.75 Å². The molecule has 0 spiro atoms. The molecule has 1 amide bonds. The first-order valence-electron chi connectivity index (χ1n) is 9.47. The van der Waals surface area contributed by atoms with Crippen LogP contribution in [0.15, 0.2) is 34.8 Å². The minimum absolute atomic E-state index is 0.0946. The van der Waals surface area contributed by atoms with Gasteiger partial charge < -0.3 is 21.1 Å². The maximum Gasteiger partial charge on any atom is 0.255 e. The van der Waals surface area contributed by atoms with Crippen LogP contribution in [0.3, 0.4) is 0 Å². The number of primary amides is 1. The van der Waals surface area contributed by atoms with Crippen molar-refractivity contribution in [2.75, 3.05) is 14.1 Å². The lowest BCUT2D eigenvalue weighted by Crippen LogP contribution is -2.53. The molecule has 8 nitrogen and oxygen atoms in total. The van der Waals surface area contributed by atoms with Crippen LogP contribution in [-0.4, -0.2) is 57.8 Å². The molecule has 30 heavy (non-hydrogen) atoms. The number of aliphatic hydroxyl groups is 2. The number of nitrogens with zero attached hydrogens (tertiary/aromatic N) is 1. The molecule has 4 rings (SSSR count). The number of Topliss-reactive ketones (excluding diaryl/α,β-unsaturated/α-hetero) is 2. The molecule has 5 N–H and O–H groups in total. The lowest BCUT2D eigenvalue weighted by molar-refractivity contribution is -0.127. The Hall–Kier alpha value is -2.40. The fraction of sp³-hybridized carbons (Fsp3) is 0.381. The van der Waals surface area contributed by atoms with Crippen LogP contribution in [0, 0.1) is 21.3 Å². The molecule has 0 saturated carbocycles. The van der Waals surface area contributed by atoms with E-state index in [9.17, 15) is 29.7 Å². The molecule has 0 fully saturated rings. The highest BCUT2D eigenvalue weighted by molar-refractivity contribution is 14.1. The number of likely N-dealkylation sites (N-methyl/N-ethyl adjacent to an activating group) is 1. The predicted molar refractivity (Wildman–Crippen MR) is 115 cm³/mol. The van der Waals surface area contributed by atoms with Gasteiger partial charge in [0.15, 0.2) is 11.6 Å². The normalized spacial score (nSPS) is 28.4. The number of phenolic OH excluding ortho intramolecular Hbond substituents is 1. The molecule has 1 aromatic carbocycles. The second-order valence-electron chi connectivity index (χ2n) is 8.22. The molecule has 0 bridgehead atoms. The summed E-state index contributed by atoms with van der Waals surface area (Å²) in [6.45, 7) is 0. The van der Waals surface area contributed by atoms with E-state index in [4.69, 9.17) is 5.73 Å².